The van der Waals surface area contributed by atoms with Crippen LogP contribution in [0.3, 0.4) is 0 Å². The first-order valence-corrected chi connectivity index (χ1v) is 8.00. The Hall–Kier alpha value is -1.63. The zero-order valence-electron chi connectivity index (χ0n) is 14.0. The molecule has 2 heterocycles. The molecule has 0 aliphatic carbocycles. The maximum Gasteiger partial charge on any atom is 0.0845 e. The van der Waals surface area contributed by atoms with Crippen molar-refractivity contribution in [2.24, 2.45) is 9.98 Å². The van der Waals surface area contributed by atoms with Gasteiger partial charge in [0, 0.05) is 0 Å². The van der Waals surface area contributed by atoms with Crippen LogP contribution >= 0.6 is 0 Å². The van der Waals surface area contributed by atoms with Crippen LogP contribution < -0.4 is 0 Å². The molecule has 6 heteroatoms. The van der Waals surface area contributed by atoms with E-state index < -0.39 is 0 Å². The molecule has 1 aliphatic heterocycles. The van der Waals surface area contributed by atoms with Gasteiger partial charge in [-0.3, -0.25) is 9.98 Å². The van der Waals surface area contributed by atoms with Crippen LogP contribution in [0.2, 0.25) is 0 Å². The number of aromatic nitrogens is 1. The minimum Gasteiger partial charge on any atom is -0.377 e. The Morgan fingerprint density at radius 1 is 0.696 bits per heavy atom. The largest absolute Gasteiger partial charge is 0.377 e. The van der Waals surface area contributed by atoms with E-state index in [2.05, 4.69) is 15.0 Å². The van der Waals surface area contributed by atoms with Gasteiger partial charge in [0.25, 0.3) is 0 Å². The predicted molar refractivity (Wildman–Crippen MR) is 90.9 cm³/mol. The maximum atomic E-state index is 5.49. The molecule has 6 nitrogen and oxygen atoms in total. The van der Waals surface area contributed by atoms with Crippen molar-refractivity contribution in [2.45, 2.75) is 13.8 Å². The molecule has 0 aromatic carbocycles. The van der Waals surface area contributed by atoms with Gasteiger partial charge in [0.2, 0.25) is 0 Å². The highest BCUT2D eigenvalue weighted by atomic mass is 16.5. The second-order valence-corrected chi connectivity index (χ2v) is 5.18. The van der Waals surface area contributed by atoms with Crippen LogP contribution in [-0.4, -0.2) is 69.1 Å². The fourth-order valence-corrected chi connectivity index (χ4v) is 2.10. The highest BCUT2D eigenvalue weighted by molar-refractivity contribution is 6.00. The minimum absolute atomic E-state index is 0.575. The highest BCUT2D eigenvalue weighted by Crippen LogP contribution is 2.04. The molecule has 23 heavy (non-hydrogen) atoms. The number of nitrogens with zero attached hydrogens (tertiary/aromatic N) is 3. The third kappa shape index (κ3) is 6.56. The van der Waals surface area contributed by atoms with Crippen LogP contribution in [-0.2, 0) is 14.2 Å². The van der Waals surface area contributed by atoms with E-state index in [1.165, 1.54) is 0 Å². The van der Waals surface area contributed by atoms with Crippen LogP contribution in [0.15, 0.2) is 28.2 Å². The first-order valence-electron chi connectivity index (χ1n) is 8.00. The summed E-state index contributed by atoms with van der Waals surface area (Å²) in [6, 6.07) is 5.91. The molecule has 0 fully saturated rings. The van der Waals surface area contributed by atoms with Crippen LogP contribution in [0.1, 0.15) is 25.2 Å². The molecule has 126 valence electrons. The summed E-state index contributed by atoms with van der Waals surface area (Å²) in [5.74, 6) is 0. The molecule has 0 atom stereocenters. The van der Waals surface area contributed by atoms with Crippen molar-refractivity contribution in [3.05, 3.63) is 29.6 Å². The Labute approximate surface area is 137 Å². The van der Waals surface area contributed by atoms with Gasteiger partial charge in [-0.25, -0.2) is 4.98 Å². The summed E-state index contributed by atoms with van der Waals surface area (Å²) in [6.45, 7) is 8.63. The summed E-state index contributed by atoms with van der Waals surface area (Å²) in [7, 11) is 0. The van der Waals surface area contributed by atoms with Gasteiger partial charge >= 0.3 is 0 Å². The molecule has 0 unspecified atom stereocenters. The van der Waals surface area contributed by atoms with Gasteiger partial charge in [0.1, 0.15) is 0 Å². The fraction of sp³-hybridized carbons (Fsp3) is 0.588. The van der Waals surface area contributed by atoms with E-state index in [1.807, 2.05) is 32.0 Å². The van der Waals surface area contributed by atoms with Crippen LogP contribution in [0.4, 0.5) is 0 Å². The van der Waals surface area contributed by atoms with Crippen molar-refractivity contribution in [2.75, 3.05) is 52.7 Å². The van der Waals surface area contributed by atoms with Crippen molar-refractivity contribution in [1.82, 2.24) is 4.98 Å². The summed E-state index contributed by atoms with van der Waals surface area (Å²) >= 11 is 0. The second kappa shape index (κ2) is 10.2. The van der Waals surface area contributed by atoms with Crippen LogP contribution in [0.5, 0.6) is 0 Å². The fourth-order valence-electron chi connectivity index (χ4n) is 2.10. The monoisotopic (exact) mass is 319 g/mol. The lowest BCUT2D eigenvalue weighted by atomic mass is 10.2. The van der Waals surface area contributed by atoms with Crippen LogP contribution in [0.25, 0.3) is 0 Å². The van der Waals surface area contributed by atoms with Crippen molar-refractivity contribution in [1.29, 1.82) is 0 Å². The van der Waals surface area contributed by atoms with Gasteiger partial charge in [-0.2, -0.15) is 0 Å². The second-order valence-electron chi connectivity index (χ2n) is 5.18. The smallest absolute Gasteiger partial charge is 0.0845 e. The van der Waals surface area contributed by atoms with Crippen LogP contribution in [0, 0.1) is 0 Å². The Bertz CT molecular complexity index is 500. The Balaban J connectivity index is 2.07. The number of ether oxygens (including phenoxy) is 3. The molecule has 1 aliphatic rings. The molecule has 0 saturated carbocycles. The van der Waals surface area contributed by atoms with E-state index in [0.29, 0.717) is 52.7 Å². The average Bonchev–Trinajstić information content (AvgIpc) is 2.58. The zero-order valence-corrected chi connectivity index (χ0v) is 14.0. The number of hydrogen-bond acceptors (Lipinski definition) is 6. The lowest BCUT2D eigenvalue weighted by Crippen LogP contribution is -2.13. The molecule has 0 saturated heterocycles. The molecule has 0 amide bonds. The summed E-state index contributed by atoms with van der Waals surface area (Å²) in [6.07, 6.45) is 0. The standard InChI is InChI=1S/C17H25N3O3/c1-14-16-4-3-5-17(20-16)15(2)19-7-9-22-11-13-23-12-10-21-8-6-18-14/h3-5H,6-13H2,1-2H3. The number of hydrogen-bond donors (Lipinski definition) is 0. The third-order valence-corrected chi connectivity index (χ3v) is 3.40. The lowest BCUT2D eigenvalue weighted by molar-refractivity contribution is 0.0176. The molecular formula is C17H25N3O3. The predicted octanol–water partition coefficient (Wildman–Crippen LogP) is 1.76. The van der Waals surface area contributed by atoms with Gasteiger partial charge < -0.3 is 14.2 Å². The Morgan fingerprint density at radius 2 is 1.13 bits per heavy atom. The molecule has 1 aromatic heterocycles. The number of pyridine rings is 1. The highest BCUT2D eigenvalue weighted by Gasteiger charge is 2.04. The van der Waals surface area contributed by atoms with E-state index >= 15 is 0 Å². The van der Waals surface area contributed by atoms with Gasteiger partial charge in [0.05, 0.1) is 75.5 Å². The van der Waals surface area contributed by atoms with E-state index in [-0.39, 0.29) is 0 Å². The molecule has 1 aromatic rings. The van der Waals surface area contributed by atoms with E-state index in [9.17, 15) is 0 Å². The normalized spacial score (nSPS) is 19.2. The maximum absolute atomic E-state index is 5.49. The van der Waals surface area contributed by atoms with Gasteiger partial charge in [-0.1, -0.05) is 6.07 Å². The number of aliphatic imine (C=N–C) groups is 2. The third-order valence-electron chi connectivity index (χ3n) is 3.40. The summed E-state index contributed by atoms with van der Waals surface area (Å²) in [5, 5.41) is 0. The number of rotatable bonds is 0. The SMILES string of the molecule is CC1=NCCOCCOCCOCCN=C(C)c2cccc1n2. The molecule has 0 spiro atoms. The topological polar surface area (TPSA) is 65.3 Å². The van der Waals surface area contributed by atoms with Gasteiger partial charge in [0.15, 0.2) is 0 Å². The molecule has 2 rings (SSSR count). The van der Waals surface area contributed by atoms with E-state index in [4.69, 9.17) is 14.2 Å². The number of fused-ring (bicyclic) bond motifs is 2. The van der Waals surface area contributed by atoms with Crippen molar-refractivity contribution in [3.8, 4) is 0 Å². The molecule has 2 bridgehead atoms. The van der Waals surface area contributed by atoms with E-state index in [0.717, 1.165) is 22.8 Å². The first-order chi connectivity index (χ1) is 11.3. The van der Waals surface area contributed by atoms with Crippen molar-refractivity contribution < 1.29 is 14.2 Å². The van der Waals surface area contributed by atoms with E-state index in [1.54, 1.807) is 0 Å². The molecular weight excluding hydrogens is 294 g/mol. The first kappa shape index (κ1) is 17.7. The van der Waals surface area contributed by atoms with Gasteiger partial charge in [-0.15, -0.1) is 0 Å². The molecule has 0 radical (unpaired) electrons. The summed E-state index contributed by atoms with van der Waals surface area (Å²) < 4.78 is 16.4. The summed E-state index contributed by atoms with van der Waals surface area (Å²) in [4.78, 5) is 13.7. The molecule has 0 N–H and O–H groups in total. The Morgan fingerprint density at radius 3 is 1.61 bits per heavy atom. The van der Waals surface area contributed by atoms with Crippen molar-refractivity contribution >= 4 is 11.4 Å². The van der Waals surface area contributed by atoms with Gasteiger partial charge in [-0.05, 0) is 26.0 Å². The van der Waals surface area contributed by atoms with Crippen molar-refractivity contribution in [3.63, 3.8) is 0 Å². The Kier molecular flexibility index (Phi) is 7.86. The lowest BCUT2D eigenvalue weighted by Gasteiger charge is -2.08. The summed E-state index contributed by atoms with van der Waals surface area (Å²) in [5.41, 5.74) is 3.56. The minimum atomic E-state index is 0.575. The average molecular weight is 319 g/mol. The zero-order chi connectivity index (χ0) is 16.3. The quantitative estimate of drug-likeness (QED) is 0.731.